The van der Waals surface area contributed by atoms with Crippen molar-refractivity contribution in [1.29, 1.82) is 0 Å². The summed E-state index contributed by atoms with van der Waals surface area (Å²) in [5.74, 6) is -0.00694. The van der Waals surface area contributed by atoms with Crippen LogP contribution in [0.2, 0.25) is 0 Å². The molecule has 0 bridgehead atoms. The molecule has 0 aliphatic rings. The van der Waals surface area contributed by atoms with Crippen molar-refractivity contribution in [1.82, 2.24) is 0 Å². The number of rotatable bonds is 6. The van der Waals surface area contributed by atoms with Crippen LogP contribution in [0, 0.1) is 0 Å². The molecule has 13 heavy (non-hydrogen) atoms. The van der Waals surface area contributed by atoms with Crippen LogP contribution in [0.3, 0.4) is 0 Å². The SMILES string of the molecule is CC(=O)C[NH+](CC(C)=O)CC(C)=O. The molecule has 0 saturated carbocycles. The molecule has 0 unspecified atom stereocenters. The minimum atomic E-state index is -0.00231. The molecular weight excluding hydrogens is 170 g/mol. The van der Waals surface area contributed by atoms with Gasteiger partial charge in [-0.2, -0.15) is 0 Å². The summed E-state index contributed by atoms with van der Waals surface area (Å²) in [5.41, 5.74) is 0. The molecule has 0 aromatic heterocycles. The van der Waals surface area contributed by atoms with Gasteiger partial charge in [0, 0.05) is 20.8 Å². The average molecular weight is 186 g/mol. The van der Waals surface area contributed by atoms with Crippen molar-refractivity contribution in [3.8, 4) is 0 Å². The number of carbonyl (C=O) groups excluding carboxylic acids is 3. The normalized spacial score (nSPS) is 10.2. The maximum absolute atomic E-state index is 10.8. The molecule has 0 aliphatic heterocycles. The largest absolute Gasteiger partial charge is 0.316 e. The zero-order valence-electron chi connectivity index (χ0n) is 8.35. The number of hydrogen-bond acceptors (Lipinski definition) is 3. The van der Waals surface area contributed by atoms with Crippen LogP contribution in [0.4, 0.5) is 0 Å². The van der Waals surface area contributed by atoms with Gasteiger partial charge >= 0.3 is 0 Å². The van der Waals surface area contributed by atoms with E-state index in [9.17, 15) is 14.4 Å². The van der Waals surface area contributed by atoms with Crippen molar-refractivity contribution >= 4 is 17.3 Å². The Morgan fingerprint density at radius 3 is 1.15 bits per heavy atom. The highest BCUT2D eigenvalue weighted by Gasteiger charge is 2.15. The Labute approximate surface area is 77.9 Å². The average Bonchev–Trinajstić information content (AvgIpc) is 1.80. The van der Waals surface area contributed by atoms with Gasteiger partial charge in [0.15, 0.2) is 17.3 Å². The fraction of sp³-hybridized carbons (Fsp3) is 0.667. The second-order valence-electron chi connectivity index (χ2n) is 3.39. The summed E-state index contributed by atoms with van der Waals surface area (Å²) >= 11 is 0. The van der Waals surface area contributed by atoms with Crippen LogP contribution in [-0.4, -0.2) is 37.0 Å². The Kier molecular flexibility index (Phi) is 5.14. The first-order valence-electron chi connectivity index (χ1n) is 4.23. The maximum Gasteiger partial charge on any atom is 0.183 e. The first-order valence-corrected chi connectivity index (χ1v) is 4.23. The van der Waals surface area contributed by atoms with Crippen LogP contribution >= 0.6 is 0 Å². The van der Waals surface area contributed by atoms with Gasteiger partial charge in [-0.25, -0.2) is 0 Å². The molecule has 0 aromatic carbocycles. The number of carbonyl (C=O) groups is 3. The quantitative estimate of drug-likeness (QED) is 0.557. The lowest BCUT2D eigenvalue weighted by Crippen LogP contribution is -3.14. The predicted molar refractivity (Wildman–Crippen MR) is 47.6 cm³/mol. The van der Waals surface area contributed by atoms with E-state index in [1.165, 1.54) is 20.8 Å². The predicted octanol–water partition coefficient (Wildman–Crippen LogP) is -1.36. The number of ketones is 3. The summed E-state index contributed by atoms with van der Waals surface area (Å²) < 4.78 is 0. The smallest absolute Gasteiger partial charge is 0.183 e. The number of nitrogens with one attached hydrogen (secondary N) is 1. The minimum Gasteiger partial charge on any atom is -0.316 e. The van der Waals surface area contributed by atoms with Gasteiger partial charge in [0.1, 0.15) is 19.6 Å². The van der Waals surface area contributed by atoms with E-state index in [2.05, 4.69) is 0 Å². The van der Waals surface area contributed by atoms with Crippen LogP contribution < -0.4 is 4.90 Å². The van der Waals surface area contributed by atoms with Crippen molar-refractivity contribution in [2.45, 2.75) is 20.8 Å². The van der Waals surface area contributed by atoms with E-state index in [1.54, 1.807) is 0 Å². The van der Waals surface area contributed by atoms with Gasteiger partial charge in [0.05, 0.1) is 0 Å². The van der Waals surface area contributed by atoms with Crippen molar-refractivity contribution in [3.05, 3.63) is 0 Å². The van der Waals surface area contributed by atoms with Gasteiger partial charge in [-0.3, -0.25) is 14.4 Å². The topological polar surface area (TPSA) is 55.6 Å². The van der Waals surface area contributed by atoms with Crippen LogP contribution in [0.25, 0.3) is 0 Å². The molecular formula is C9H16NO3+. The third kappa shape index (κ3) is 7.33. The van der Waals surface area contributed by atoms with Gasteiger partial charge in [0.25, 0.3) is 0 Å². The number of hydrogen-bond donors (Lipinski definition) is 1. The summed E-state index contributed by atoms with van der Waals surface area (Å²) in [6, 6.07) is 0. The summed E-state index contributed by atoms with van der Waals surface area (Å²) in [6.45, 7) is 5.12. The third-order valence-electron chi connectivity index (χ3n) is 1.50. The molecule has 0 aliphatic carbocycles. The van der Waals surface area contributed by atoms with E-state index in [4.69, 9.17) is 0 Å². The zero-order valence-corrected chi connectivity index (χ0v) is 8.35. The van der Waals surface area contributed by atoms with Gasteiger partial charge in [-0.05, 0) is 0 Å². The Hall–Kier alpha value is -1.03. The van der Waals surface area contributed by atoms with Crippen molar-refractivity contribution in [3.63, 3.8) is 0 Å². The first kappa shape index (κ1) is 12.0. The fourth-order valence-electron chi connectivity index (χ4n) is 1.24. The third-order valence-corrected chi connectivity index (χ3v) is 1.50. The summed E-state index contributed by atoms with van der Waals surface area (Å²) in [6.07, 6.45) is 0. The van der Waals surface area contributed by atoms with Crippen LogP contribution in [-0.2, 0) is 14.4 Å². The van der Waals surface area contributed by atoms with Gasteiger partial charge < -0.3 is 4.90 Å². The maximum atomic E-state index is 10.8. The summed E-state index contributed by atoms with van der Waals surface area (Å²) in [4.78, 5) is 33.1. The van der Waals surface area contributed by atoms with Crippen LogP contribution in [0.1, 0.15) is 20.8 Å². The molecule has 0 radical (unpaired) electrons. The fourth-order valence-corrected chi connectivity index (χ4v) is 1.24. The van der Waals surface area contributed by atoms with E-state index >= 15 is 0 Å². The highest BCUT2D eigenvalue weighted by Crippen LogP contribution is 1.66. The molecule has 0 heterocycles. The molecule has 4 heteroatoms. The second-order valence-corrected chi connectivity index (χ2v) is 3.39. The van der Waals surface area contributed by atoms with E-state index < -0.39 is 0 Å². The molecule has 0 spiro atoms. The monoisotopic (exact) mass is 186 g/mol. The van der Waals surface area contributed by atoms with Crippen molar-refractivity contribution in [2.24, 2.45) is 0 Å². The number of quaternary nitrogens is 1. The number of Topliss-reactive ketones (excluding diaryl/α,β-unsaturated/α-hetero) is 3. The minimum absolute atomic E-state index is 0.00231. The second kappa shape index (κ2) is 5.59. The summed E-state index contributed by atoms with van der Waals surface area (Å²) in [7, 11) is 0. The zero-order chi connectivity index (χ0) is 10.4. The first-order chi connectivity index (χ1) is 5.91. The van der Waals surface area contributed by atoms with Gasteiger partial charge in [-0.1, -0.05) is 0 Å². The standard InChI is InChI=1S/C9H15NO3/c1-7(11)4-10(5-8(2)12)6-9(3)13/h4-6H2,1-3H3/p+1. The van der Waals surface area contributed by atoms with E-state index in [0.29, 0.717) is 0 Å². The Bertz CT molecular complexity index is 185. The molecule has 0 atom stereocenters. The Morgan fingerprint density at radius 1 is 0.769 bits per heavy atom. The lowest BCUT2D eigenvalue weighted by atomic mass is 10.3. The molecule has 0 fully saturated rings. The van der Waals surface area contributed by atoms with E-state index in [0.717, 1.165) is 4.90 Å². The Morgan fingerprint density at radius 2 is 1.00 bits per heavy atom. The molecule has 4 nitrogen and oxygen atoms in total. The van der Waals surface area contributed by atoms with Gasteiger partial charge in [0.2, 0.25) is 0 Å². The molecule has 0 aromatic rings. The van der Waals surface area contributed by atoms with E-state index in [1.807, 2.05) is 0 Å². The lowest BCUT2D eigenvalue weighted by Gasteiger charge is -2.14. The van der Waals surface area contributed by atoms with Crippen LogP contribution in [0.5, 0.6) is 0 Å². The Balaban J connectivity index is 4.10. The summed E-state index contributed by atoms with van der Waals surface area (Å²) in [5, 5.41) is 0. The van der Waals surface area contributed by atoms with Gasteiger partial charge in [-0.15, -0.1) is 0 Å². The highest BCUT2D eigenvalue weighted by atomic mass is 16.1. The molecule has 0 rings (SSSR count). The molecule has 74 valence electrons. The highest BCUT2D eigenvalue weighted by molar-refractivity contribution is 5.80. The van der Waals surface area contributed by atoms with Crippen LogP contribution in [0.15, 0.2) is 0 Å². The van der Waals surface area contributed by atoms with E-state index in [-0.39, 0.29) is 37.0 Å². The van der Waals surface area contributed by atoms with Crippen molar-refractivity contribution in [2.75, 3.05) is 19.6 Å². The molecule has 1 N–H and O–H groups in total. The molecule has 0 saturated heterocycles. The molecule has 0 amide bonds. The lowest BCUT2D eigenvalue weighted by molar-refractivity contribution is -0.875. The van der Waals surface area contributed by atoms with Crippen molar-refractivity contribution < 1.29 is 19.3 Å².